The van der Waals surface area contributed by atoms with Crippen molar-refractivity contribution < 1.29 is 4.79 Å². The number of fused-ring (bicyclic) bond motifs is 1. The van der Waals surface area contributed by atoms with E-state index in [1.807, 2.05) is 55.6 Å². The fourth-order valence-corrected chi connectivity index (χ4v) is 4.63. The Kier molecular flexibility index (Phi) is 5.40. The van der Waals surface area contributed by atoms with E-state index in [0.717, 1.165) is 16.3 Å². The summed E-state index contributed by atoms with van der Waals surface area (Å²) < 4.78 is 3.61. The van der Waals surface area contributed by atoms with E-state index in [2.05, 4.69) is 14.6 Å². The van der Waals surface area contributed by atoms with Crippen LogP contribution in [-0.2, 0) is 6.54 Å². The molecule has 4 rings (SSSR count). The van der Waals surface area contributed by atoms with Gasteiger partial charge in [-0.15, -0.1) is 0 Å². The molecule has 0 aliphatic carbocycles. The number of nitrogens with zero attached hydrogens (tertiary/aromatic N) is 3. The molecular formula is C20H18N4O2S2. The van der Waals surface area contributed by atoms with Gasteiger partial charge in [0, 0.05) is 41.8 Å². The first kappa shape index (κ1) is 18.6. The SMILES string of the molecule is CN(Sc1cccc(NC(=O)c2cnc3n(c2=O)CCS3)c1)c1ccccc1. The molecule has 0 fully saturated rings. The Balaban J connectivity index is 1.49. The third-order valence-corrected chi connectivity index (χ3v) is 6.18. The average molecular weight is 411 g/mol. The molecule has 142 valence electrons. The van der Waals surface area contributed by atoms with Crippen LogP contribution in [0.3, 0.4) is 0 Å². The number of anilines is 2. The van der Waals surface area contributed by atoms with E-state index < -0.39 is 5.91 Å². The van der Waals surface area contributed by atoms with Crippen LogP contribution in [0.1, 0.15) is 10.4 Å². The summed E-state index contributed by atoms with van der Waals surface area (Å²) in [5, 5.41) is 3.48. The molecule has 0 bridgehead atoms. The minimum Gasteiger partial charge on any atom is -0.322 e. The predicted octanol–water partition coefficient (Wildman–Crippen LogP) is 3.74. The molecule has 0 spiro atoms. The zero-order valence-electron chi connectivity index (χ0n) is 15.2. The van der Waals surface area contributed by atoms with Crippen molar-refractivity contribution in [2.45, 2.75) is 16.6 Å². The van der Waals surface area contributed by atoms with Crippen molar-refractivity contribution in [3.8, 4) is 0 Å². The summed E-state index contributed by atoms with van der Waals surface area (Å²) in [6, 6.07) is 17.6. The summed E-state index contributed by atoms with van der Waals surface area (Å²) in [5.74, 6) is 0.366. The predicted molar refractivity (Wildman–Crippen MR) is 114 cm³/mol. The lowest BCUT2D eigenvalue weighted by Gasteiger charge is -2.18. The van der Waals surface area contributed by atoms with Crippen LogP contribution in [0, 0.1) is 0 Å². The van der Waals surface area contributed by atoms with Gasteiger partial charge >= 0.3 is 0 Å². The monoisotopic (exact) mass is 410 g/mol. The summed E-state index contributed by atoms with van der Waals surface area (Å²) in [5.41, 5.74) is 1.49. The van der Waals surface area contributed by atoms with Crippen molar-refractivity contribution in [3.05, 3.63) is 76.7 Å². The normalized spacial score (nSPS) is 12.5. The van der Waals surface area contributed by atoms with Crippen LogP contribution >= 0.6 is 23.7 Å². The molecule has 1 N–H and O–H groups in total. The molecular weight excluding hydrogens is 392 g/mol. The summed E-state index contributed by atoms with van der Waals surface area (Å²) in [6.07, 6.45) is 1.36. The van der Waals surface area contributed by atoms with Gasteiger partial charge in [0.05, 0.1) is 0 Å². The molecule has 0 radical (unpaired) electrons. The van der Waals surface area contributed by atoms with E-state index in [9.17, 15) is 9.59 Å². The Hall–Kier alpha value is -2.71. The van der Waals surface area contributed by atoms with Crippen LogP contribution in [0.15, 0.2) is 75.6 Å². The molecule has 0 unspecified atom stereocenters. The van der Waals surface area contributed by atoms with Gasteiger partial charge in [-0.05, 0) is 42.3 Å². The minimum absolute atomic E-state index is 0.0608. The molecule has 1 aromatic heterocycles. The number of hydrogen-bond donors (Lipinski definition) is 1. The van der Waals surface area contributed by atoms with Crippen LogP contribution in [0.25, 0.3) is 0 Å². The van der Waals surface area contributed by atoms with Crippen LogP contribution in [0.2, 0.25) is 0 Å². The lowest BCUT2D eigenvalue weighted by molar-refractivity contribution is 0.102. The molecule has 2 aromatic carbocycles. The molecule has 0 atom stereocenters. The summed E-state index contributed by atoms with van der Waals surface area (Å²) in [4.78, 5) is 30.3. The highest BCUT2D eigenvalue weighted by Crippen LogP contribution is 2.28. The first-order chi connectivity index (χ1) is 13.6. The third-order valence-electron chi connectivity index (χ3n) is 4.26. The Morgan fingerprint density at radius 3 is 2.86 bits per heavy atom. The van der Waals surface area contributed by atoms with E-state index in [1.54, 1.807) is 22.6 Å². The van der Waals surface area contributed by atoms with Gasteiger partial charge in [-0.25, -0.2) is 4.98 Å². The van der Waals surface area contributed by atoms with E-state index in [4.69, 9.17) is 0 Å². The maximum absolute atomic E-state index is 12.6. The second kappa shape index (κ2) is 8.12. The van der Waals surface area contributed by atoms with E-state index in [0.29, 0.717) is 17.4 Å². The Labute approximate surface area is 171 Å². The molecule has 8 heteroatoms. The van der Waals surface area contributed by atoms with Crippen LogP contribution in [0.4, 0.5) is 11.4 Å². The summed E-state index contributed by atoms with van der Waals surface area (Å²) in [7, 11) is 1.99. The number of amides is 1. The lowest BCUT2D eigenvalue weighted by Crippen LogP contribution is -2.29. The Bertz CT molecular complexity index is 1070. The number of benzene rings is 2. The standard InChI is InChI=1S/C20H18N4O2S2/c1-23(15-7-3-2-4-8-15)28-16-9-5-6-14(12-16)22-18(25)17-13-21-20-24(19(17)26)10-11-27-20/h2-9,12-13H,10-11H2,1H3,(H,22,25). The fourth-order valence-electron chi connectivity index (χ4n) is 2.85. The maximum atomic E-state index is 12.6. The van der Waals surface area contributed by atoms with Gasteiger partial charge in [-0.2, -0.15) is 0 Å². The molecule has 3 aromatic rings. The first-order valence-electron chi connectivity index (χ1n) is 8.72. The molecule has 0 saturated carbocycles. The fraction of sp³-hybridized carbons (Fsp3) is 0.150. The highest BCUT2D eigenvalue weighted by Gasteiger charge is 2.20. The quantitative estimate of drug-likeness (QED) is 0.510. The Morgan fingerprint density at radius 2 is 2.04 bits per heavy atom. The van der Waals surface area contributed by atoms with Crippen LogP contribution in [-0.4, -0.2) is 28.3 Å². The summed E-state index contributed by atoms with van der Waals surface area (Å²) in [6.45, 7) is 0.588. The number of carbonyl (C=O) groups is 1. The molecule has 6 nitrogen and oxygen atoms in total. The largest absolute Gasteiger partial charge is 0.322 e. The van der Waals surface area contributed by atoms with Gasteiger partial charge in [0.1, 0.15) is 5.56 Å². The van der Waals surface area contributed by atoms with Crippen LogP contribution in [0.5, 0.6) is 0 Å². The number of thioether (sulfide) groups is 1. The number of aromatic nitrogens is 2. The van der Waals surface area contributed by atoms with Gasteiger partial charge in [0.2, 0.25) is 0 Å². The van der Waals surface area contributed by atoms with Crippen molar-refractivity contribution in [1.82, 2.24) is 9.55 Å². The zero-order valence-corrected chi connectivity index (χ0v) is 16.8. The highest BCUT2D eigenvalue weighted by molar-refractivity contribution is 8.00. The molecule has 2 heterocycles. The molecule has 28 heavy (non-hydrogen) atoms. The average Bonchev–Trinajstić information content (AvgIpc) is 3.19. The number of para-hydroxylation sites is 1. The topological polar surface area (TPSA) is 67.2 Å². The second-order valence-corrected chi connectivity index (χ2v) is 8.43. The molecule has 1 aliphatic rings. The number of hydrogen-bond acceptors (Lipinski definition) is 6. The van der Waals surface area contributed by atoms with Crippen LogP contribution < -0.4 is 15.2 Å². The van der Waals surface area contributed by atoms with Crippen molar-refractivity contribution in [2.24, 2.45) is 0 Å². The second-order valence-electron chi connectivity index (χ2n) is 6.17. The molecule has 1 amide bonds. The third kappa shape index (κ3) is 3.93. The van der Waals surface area contributed by atoms with Crippen molar-refractivity contribution in [1.29, 1.82) is 0 Å². The molecule has 0 saturated heterocycles. The molecule has 1 aliphatic heterocycles. The van der Waals surface area contributed by atoms with Gasteiger partial charge in [0.15, 0.2) is 5.16 Å². The van der Waals surface area contributed by atoms with Crippen molar-refractivity contribution >= 4 is 41.0 Å². The number of nitrogens with one attached hydrogen (secondary N) is 1. The van der Waals surface area contributed by atoms with Crippen molar-refractivity contribution in [3.63, 3.8) is 0 Å². The van der Waals surface area contributed by atoms with Crippen molar-refractivity contribution in [2.75, 3.05) is 22.4 Å². The van der Waals surface area contributed by atoms with Gasteiger partial charge < -0.3 is 9.62 Å². The Morgan fingerprint density at radius 1 is 1.21 bits per heavy atom. The zero-order chi connectivity index (χ0) is 19.5. The first-order valence-corrected chi connectivity index (χ1v) is 10.5. The van der Waals surface area contributed by atoms with E-state index in [1.165, 1.54) is 18.0 Å². The number of rotatable bonds is 5. The smallest absolute Gasteiger partial charge is 0.267 e. The van der Waals surface area contributed by atoms with Gasteiger partial charge in [0.25, 0.3) is 11.5 Å². The van der Waals surface area contributed by atoms with Gasteiger partial charge in [-0.1, -0.05) is 36.0 Å². The summed E-state index contributed by atoms with van der Waals surface area (Å²) >= 11 is 3.08. The lowest BCUT2D eigenvalue weighted by atomic mass is 10.2. The van der Waals surface area contributed by atoms with E-state index in [-0.39, 0.29) is 11.1 Å². The van der Waals surface area contributed by atoms with Gasteiger partial charge in [-0.3, -0.25) is 14.2 Å². The highest BCUT2D eigenvalue weighted by atomic mass is 32.2. The van der Waals surface area contributed by atoms with E-state index >= 15 is 0 Å². The minimum atomic E-state index is -0.441. The number of carbonyl (C=O) groups excluding carboxylic acids is 1. The maximum Gasteiger partial charge on any atom is 0.267 e.